The standard InChI is InChI=1S/C11H15NO2/c13-10-5-3-9(4-6-10)12-8-11-2-1-7-14-11/h1-2,7,9,12H,3-6,8H2. The van der Waals surface area contributed by atoms with E-state index in [-0.39, 0.29) is 0 Å². The molecular weight excluding hydrogens is 178 g/mol. The van der Waals surface area contributed by atoms with Gasteiger partial charge in [-0.15, -0.1) is 0 Å². The molecule has 1 aliphatic rings. The zero-order valence-electron chi connectivity index (χ0n) is 8.16. The summed E-state index contributed by atoms with van der Waals surface area (Å²) in [5.41, 5.74) is 0. The van der Waals surface area contributed by atoms with Gasteiger partial charge in [0.15, 0.2) is 0 Å². The number of hydrogen-bond donors (Lipinski definition) is 1. The van der Waals surface area contributed by atoms with Crippen LogP contribution in [0.4, 0.5) is 0 Å². The van der Waals surface area contributed by atoms with Gasteiger partial charge in [0, 0.05) is 18.9 Å². The lowest BCUT2D eigenvalue weighted by Crippen LogP contribution is -2.32. The summed E-state index contributed by atoms with van der Waals surface area (Å²) in [6.07, 6.45) is 5.09. The van der Waals surface area contributed by atoms with Crippen molar-refractivity contribution in [2.45, 2.75) is 38.3 Å². The highest BCUT2D eigenvalue weighted by Crippen LogP contribution is 2.15. The number of Topliss-reactive ketones (excluding diaryl/α,β-unsaturated/α-hetero) is 1. The van der Waals surface area contributed by atoms with Crippen molar-refractivity contribution in [3.8, 4) is 0 Å². The van der Waals surface area contributed by atoms with Crippen molar-refractivity contribution in [3.63, 3.8) is 0 Å². The molecule has 76 valence electrons. The van der Waals surface area contributed by atoms with Gasteiger partial charge in [0.1, 0.15) is 11.5 Å². The molecule has 1 aliphatic carbocycles. The predicted octanol–water partition coefficient (Wildman–Crippen LogP) is 1.88. The van der Waals surface area contributed by atoms with Crippen LogP contribution >= 0.6 is 0 Å². The van der Waals surface area contributed by atoms with E-state index < -0.39 is 0 Å². The highest BCUT2D eigenvalue weighted by atomic mass is 16.3. The third-order valence-corrected chi connectivity index (χ3v) is 2.69. The Labute approximate surface area is 83.5 Å². The summed E-state index contributed by atoms with van der Waals surface area (Å²) in [5, 5.41) is 3.40. The maximum absolute atomic E-state index is 11.0. The molecule has 0 bridgehead atoms. The van der Waals surface area contributed by atoms with Gasteiger partial charge in [-0.25, -0.2) is 0 Å². The lowest BCUT2D eigenvalue weighted by molar-refractivity contribution is -0.120. The van der Waals surface area contributed by atoms with E-state index in [1.165, 1.54) is 0 Å². The van der Waals surface area contributed by atoms with Gasteiger partial charge >= 0.3 is 0 Å². The summed E-state index contributed by atoms with van der Waals surface area (Å²) < 4.78 is 5.22. The van der Waals surface area contributed by atoms with Crippen molar-refractivity contribution in [2.75, 3.05) is 0 Å². The Bertz CT molecular complexity index is 282. The fourth-order valence-electron chi connectivity index (χ4n) is 1.80. The first-order valence-corrected chi connectivity index (χ1v) is 5.12. The van der Waals surface area contributed by atoms with Crippen LogP contribution in [0.3, 0.4) is 0 Å². The zero-order chi connectivity index (χ0) is 9.80. The Morgan fingerprint density at radius 1 is 1.43 bits per heavy atom. The van der Waals surface area contributed by atoms with Gasteiger partial charge in [-0.3, -0.25) is 4.79 Å². The van der Waals surface area contributed by atoms with Crippen molar-refractivity contribution in [3.05, 3.63) is 24.2 Å². The number of hydrogen-bond acceptors (Lipinski definition) is 3. The summed E-state index contributed by atoms with van der Waals surface area (Å²) in [6, 6.07) is 4.33. The van der Waals surface area contributed by atoms with E-state index in [1.807, 2.05) is 12.1 Å². The molecule has 1 aromatic heterocycles. The molecule has 3 nitrogen and oxygen atoms in total. The Morgan fingerprint density at radius 2 is 2.21 bits per heavy atom. The Hall–Kier alpha value is -1.09. The molecule has 0 aromatic carbocycles. The molecule has 0 amide bonds. The van der Waals surface area contributed by atoms with Gasteiger partial charge in [-0.1, -0.05) is 0 Å². The molecule has 0 aliphatic heterocycles. The molecule has 1 N–H and O–H groups in total. The molecule has 14 heavy (non-hydrogen) atoms. The summed E-state index contributed by atoms with van der Waals surface area (Å²) in [4.78, 5) is 11.0. The average molecular weight is 193 g/mol. The largest absolute Gasteiger partial charge is 0.468 e. The second-order valence-corrected chi connectivity index (χ2v) is 3.77. The smallest absolute Gasteiger partial charge is 0.133 e. The SMILES string of the molecule is O=C1CCC(NCc2ccco2)CC1. The maximum Gasteiger partial charge on any atom is 0.133 e. The third-order valence-electron chi connectivity index (χ3n) is 2.69. The molecule has 1 heterocycles. The second kappa shape index (κ2) is 4.42. The van der Waals surface area contributed by atoms with Crippen LogP contribution in [0, 0.1) is 0 Å². The van der Waals surface area contributed by atoms with E-state index in [4.69, 9.17) is 4.42 Å². The van der Waals surface area contributed by atoms with E-state index in [0.717, 1.165) is 38.0 Å². The molecule has 0 spiro atoms. The first-order valence-electron chi connectivity index (χ1n) is 5.12. The van der Waals surface area contributed by atoms with Gasteiger partial charge in [0.05, 0.1) is 12.8 Å². The van der Waals surface area contributed by atoms with Crippen molar-refractivity contribution >= 4 is 5.78 Å². The molecule has 1 saturated carbocycles. The number of rotatable bonds is 3. The third kappa shape index (κ3) is 2.45. The molecular formula is C11H15NO2. The molecule has 2 rings (SSSR count). The van der Waals surface area contributed by atoms with Gasteiger partial charge in [-0.05, 0) is 25.0 Å². The highest BCUT2D eigenvalue weighted by Gasteiger charge is 2.17. The molecule has 0 radical (unpaired) electrons. The quantitative estimate of drug-likeness (QED) is 0.797. The first-order chi connectivity index (χ1) is 6.84. The fraction of sp³-hybridized carbons (Fsp3) is 0.545. The van der Waals surface area contributed by atoms with Gasteiger partial charge in [0.25, 0.3) is 0 Å². The highest BCUT2D eigenvalue weighted by molar-refractivity contribution is 5.79. The first kappa shape index (κ1) is 9.46. The van der Waals surface area contributed by atoms with Crippen LogP contribution in [0.5, 0.6) is 0 Å². The van der Waals surface area contributed by atoms with E-state index in [1.54, 1.807) is 6.26 Å². The van der Waals surface area contributed by atoms with Crippen LogP contribution in [0.25, 0.3) is 0 Å². The van der Waals surface area contributed by atoms with Crippen LogP contribution in [0.15, 0.2) is 22.8 Å². The molecule has 0 atom stereocenters. The van der Waals surface area contributed by atoms with E-state index in [9.17, 15) is 4.79 Å². The number of nitrogens with one attached hydrogen (secondary N) is 1. The number of carbonyl (C=O) groups excluding carboxylic acids is 1. The van der Waals surface area contributed by atoms with Gasteiger partial charge < -0.3 is 9.73 Å². The van der Waals surface area contributed by atoms with Gasteiger partial charge in [0.2, 0.25) is 0 Å². The summed E-state index contributed by atoms with van der Waals surface area (Å²) in [6.45, 7) is 0.770. The number of ketones is 1. The number of furan rings is 1. The van der Waals surface area contributed by atoms with Crippen molar-refractivity contribution in [2.24, 2.45) is 0 Å². The van der Waals surface area contributed by atoms with E-state index in [2.05, 4.69) is 5.32 Å². The lowest BCUT2D eigenvalue weighted by Gasteiger charge is -2.21. The topological polar surface area (TPSA) is 42.2 Å². The minimum Gasteiger partial charge on any atom is -0.468 e. The van der Waals surface area contributed by atoms with Gasteiger partial charge in [-0.2, -0.15) is 0 Å². The fourth-order valence-corrected chi connectivity index (χ4v) is 1.80. The van der Waals surface area contributed by atoms with Crippen molar-refractivity contribution < 1.29 is 9.21 Å². The van der Waals surface area contributed by atoms with Crippen LogP contribution < -0.4 is 5.32 Å². The van der Waals surface area contributed by atoms with Crippen LogP contribution in [-0.2, 0) is 11.3 Å². The average Bonchev–Trinajstić information content (AvgIpc) is 2.70. The summed E-state index contributed by atoms with van der Waals surface area (Å²) >= 11 is 0. The van der Waals surface area contributed by atoms with Crippen LogP contribution in [0.2, 0.25) is 0 Å². The van der Waals surface area contributed by atoms with Crippen LogP contribution in [0.1, 0.15) is 31.4 Å². The normalized spacial score (nSPS) is 18.7. The van der Waals surface area contributed by atoms with E-state index in [0.29, 0.717) is 11.8 Å². The van der Waals surface area contributed by atoms with Crippen LogP contribution in [-0.4, -0.2) is 11.8 Å². The summed E-state index contributed by atoms with van der Waals surface area (Å²) in [5.74, 6) is 1.36. The zero-order valence-corrected chi connectivity index (χ0v) is 8.16. The summed E-state index contributed by atoms with van der Waals surface area (Å²) in [7, 11) is 0. The van der Waals surface area contributed by atoms with Crippen molar-refractivity contribution in [1.82, 2.24) is 5.32 Å². The molecule has 0 saturated heterocycles. The predicted molar refractivity (Wildman–Crippen MR) is 52.8 cm³/mol. The van der Waals surface area contributed by atoms with E-state index >= 15 is 0 Å². The molecule has 3 heteroatoms. The molecule has 1 aromatic rings. The Balaban J connectivity index is 1.73. The minimum atomic E-state index is 0.404. The van der Waals surface area contributed by atoms with Crippen molar-refractivity contribution in [1.29, 1.82) is 0 Å². The number of carbonyl (C=O) groups is 1. The lowest BCUT2D eigenvalue weighted by atomic mass is 9.94. The Morgan fingerprint density at radius 3 is 2.86 bits per heavy atom. The molecule has 1 fully saturated rings. The second-order valence-electron chi connectivity index (χ2n) is 3.77. The minimum absolute atomic E-state index is 0.404. The Kier molecular flexibility index (Phi) is 2.99. The molecule has 0 unspecified atom stereocenters. The monoisotopic (exact) mass is 193 g/mol. The maximum atomic E-state index is 11.0.